The van der Waals surface area contributed by atoms with Crippen LogP contribution in [-0.2, 0) is 61.9 Å². The molecule has 14 nitrogen and oxygen atoms in total. The average molecular weight is 908 g/mol. The van der Waals surface area contributed by atoms with E-state index in [4.69, 9.17) is 33.2 Å². The SMILES string of the molecule is CCCCCCCCC/C=C\CC/C=C/[C@@H](OC(C)=O)[C@H](CO[C@@H]1O[C@H](COC(C)=O)[C@@H](OC(C)=O)[C@H](OC(C)=O)[C@H]1OC(C)=O)NC(=O)CCCCCCCCCCCCCCC. The number of hydrogen-bond acceptors (Lipinski definition) is 13. The number of carbonyl (C=O) groups is 6. The molecule has 0 saturated carbocycles. The van der Waals surface area contributed by atoms with E-state index in [2.05, 4.69) is 31.3 Å². The van der Waals surface area contributed by atoms with Gasteiger partial charge in [-0.25, -0.2) is 0 Å². The number of rotatable bonds is 37. The van der Waals surface area contributed by atoms with Crippen LogP contribution in [0.15, 0.2) is 24.3 Å². The predicted octanol–water partition coefficient (Wildman–Crippen LogP) is 10.0. The standard InChI is InChI=1S/C50H85NO13/c1-8-10-12-14-16-18-20-22-24-26-28-30-32-34-44(60-39(4)53)43(51-46(57)35-33-31-29-27-25-23-21-19-17-15-13-11-9-2)36-59-50-49(63-42(7)56)48(62-41(6)55)47(61-40(5)54)45(64-50)37-58-38(3)52/h24,26,32,34,43-45,47-50H,8-23,25,27-31,33,35-37H2,1-7H3,(H,51,57)/b26-24-,34-32+/t43-,44+,45+,47+,48-,49+,50+/m0/s1. The normalized spacial score (nSPS) is 19.5. The largest absolute Gasteiger partial charge is 0.463 e. The highest BCUT2D eigenvalue weighted by molar-refractivity contribution is 5.76. The summed E-state index contributed by atoms with van der Waals surface area (Å²) in [5.74, 6) is -3.81. The highest BCUT2D eigenvalue weighted by atomic mass is 16.7. The molecule has 0 aromatic heterocycles. The van der Waals surface area contributed by atoms with E-state index in [9.17, 15) is 28.8 Å². The summed E-state index contributed by atoms with van der Waals surface area (Å²) in [5.41, 5.74) is 0. The summed E-state index contributed by atoms with van der Waals surface area (Å²) in [4.78, 5) is 74.8. The smallest absolute Gasteiger partial charge is 0.303 e. The van der Waals surface area contributed by atoms with E-state index < -0.39 is 79.3 Å². The molecule has 0 aromatic carbocycles. The number of esters is 5. The van der Waals surface area contributed by atoms with Gasteiger partial charge in [-0.2, -0.15) is 0 Å². The average Bonchev–Trinajstić information content (AvgIpc) is 3.22. The molecule has 1 aliphatic heterocycles. The molecule has 0 radical (unpaired) electrons. The highest BCUT2D eigenvalue weighted by Crippen LogP contribution is 2.30. The van der Waals surface area contributed by atoms with E-state index >= 15 is 0 Å². The van der Waals surface area contributed by atoms with E-state index in [1.807, 2.05) is 6.08 Å². The summed E-state index contributed by atoms with van der Waals surface area (Å²) in [6, 6.07) is -0.936. The van der Waals surface area contributed by atoms with Gasteiger partial charge in [-0.3, -0.25) is 28.8 Å². The minimum absolute atomic E-state index is 0.243. The summed E-state index contributed by atoms with van der Waals surface area (Å²) in [6.07, 6.45) is 26.8. The fourth-order valence-corrected chi connectivity index (χ4v) is 7.65. The summed E-state index contributed by atoms with van der Waals surface area (Å²) >= 11 is 0. The summed E-state index contributed by atoms with van der Waals surface area (Å²) in [6.45, 7) is 9.58. The Balaban J connectivity index is 3.17. The number of carbonyl (C=O) groups excluding carboxylic acids is 6. The van der Waals surface area contributed by atoms with Crippen LogP contribution in [0.2, 0.25) is 0 Å². The molecule has 368 valence electrons. The van der Waals surface area contributed by atoms with Gasteiger partial charge in [0.05, 0.1) is 12.6 Å². The van der Waals surface area contributed by atoms with Crippen molar-refractivity contribution < 1.29 is 61.9 Å². The molecule has 0 aromatic rings. The van der Waals surface area contributed by atoms with E-state index in [1.54, 1.807) is 6.08 Å². The first kappa shape index (κ1) is 58.2. The van der Waals surface area contributed by atoms with E-state index in [-0.39, 0.29) is 18.9 Å². The molecule has 64 heavy (non-hydrogen) atoms. The lowest BCUT2D eigenvalue weighted by Gasteiger charge is -2.44. The second kappa shape index (κ2) is 37.4. The fraction of sp³-hybridized carbons (Fsp3) is 0.800. The van der Waals surface area contributed by atoms with E-state index in [0.29, 0.717) is 12.8 Å². The zero-order valence-corrected chi connectivity index (χ0v) is 40.5. The molecular weight excluding hydrogens is 823 g/mol. The molecule has 0 bridgehead atoms. The van der Waals surface area contributed by atoms with Crippen molar-refractivity contribution in [3.63, 3.8) is 0 Å². The topological polar surface area (TPSA) is 179 Å². The highest BCUT2D eigenvalue weighted by Gasteiger charge is 2.53. The lowest BCUT2D eigenvalue weighted by molar-refractivity contribution is -0.309. The molecule has 14 heteroatoms. The van der Waals surface area contributed by atoms with Gasteiger partial charge in [-0.05, 0) is 38.2 Å². The Morgan fingerprint density at radius 2 is 1.00 bits per heavy atom. The number of unbranched alkanes of at least 4 members (excludes halogenated alkanes) is 20. The minimum atomic E-state index is -1.48. The van der Waals surface area contributed by atoms with Gasteiger partial charge in [0, 0.05) is 41.0 Å². The maximum absolute atomic E-state index is 13.5. The minimum Gasteiger partial charge on any atom is -0.463 e. The molecule has 1 rings (SSSR count). The van der Waals surface area contributed by atoms with E-state index in [1.165, 1.54) is 110 Å². The Hall–Kier alpha value is -3.78. The Morgan fingerprint density at radius 3 is 1.52 bits per heavy atom. The third kappa shape index (κ3) is 29.6. The van der Waals surface area contributed by atoms with Crippen molar-refractivity contribution >= 4 is 35.8 Å². The molecule has 1 aliphatic rings. The van der Waals surface area contributed by atoms with Crippen molar-refractivity contribution in [2.45, 2.75) is 245 Å². The molecule has 7 atom stereocenters. The van der Waals surface area contributed by atoms with Crippen molar-refractivity contribution in [1.29, 1.82) is 0 Å². The van der Waals surface area contributed by atoms with Crippen LogP contribution in [0.4, 0.5) is 0 Å². The molecule has 0 aliphatic carbocycles. The number of amides is 1. The van der Waals surface area contributed by atoms with Crippen molar-refractivity contribution in [1.82, 2.24) is 5.32 Å². The van der Waals surface area contributed by atoms with Gasteiger partial charge < -0.3 is 38.5 Å². The lowest BCUT2D eigenvalue weighted by atomic mass is 9.98. The van der Waals surface area contributed by atoms with Gasteiger partial charge >= 0.3 is 29.8 Å². The van der Waals surface area contributed by atoms with Crippen LogP contribution in [0.3, 0.4) is 0 Å². The third-order valence-electron chi connectivity index (χ3n) is 10.9. The van der Waals surface area contributed by atoms with Gasteiger partial charge in [0.1, 0.15) is 18.8 Å². The molecule has 0 spiro atoms. The summed E-state index contributed by atoms with van der Waals surface area (Å²) in [5, 5.41) is 2.99. The Morgan fingerprint density at radius 1 is 0.531 bits per heavy atom. The summed E-state index contributed by atoms with van der Waals surface area (Å²) < 4.78 is 39.9. The van der Waals surface area contributed by atoms with Gasteiger partial charge in [-0.1, -0.05) is 148 Å². The number of nitrogens with one attached hydrogen (secondary N) is 1. The van der Waals surface area contributed by atoms with Crippen molar-refractivity contribution in [2.75, 3.05) is 13.2 Å². The number of hydrogen-bond donors (Lipinski definition) is 1. The van der Waals surface area contributed by atoms with Crippen LogP contribution in [0.5, 0.6) is 0 Å². The van der Waals surface area contributed by atoms with Crippen molar-refractivity contribution in [2.24, 2.45) is 0 Å². The molecule has 1 heterocycles. The molecule has 1 N–H and O–H groups in total. The van der Waals surface area contributed by atoms with Gasteiger partial charge in [-0.15, -0.1) is 0 Å². The second-order valence-electron chi connectivity index (χ2n) is 17.0. The molecule has 1 fully saturated rings. The fourth-order valence-electron chi connectivity index (χ4n) is 7.65. The zero-order chi connectivity index (χ0) is 47.4. The maximum atomic E-state index is 13.5. The number of ether oxygens (including phenoxy) is 7. The van der Waals surface area contributed by atoms with Crippen LogP contribution >= 0.6 is 0 Å². The number of allylic oxidation sites excluding steroid dienone is 3. The Bertz CT molecular complexity index is 1370. The first-order valence-corrected chi connectivity index (χ1v) is 24.5. The first-order chi connectivity index (χ1) is 30.8. The molecule has 0 unspecified atom stereocenters. The molecular formula is C50H85NO13. The van der Waals surface area contributed by atoms with E-state index in [0.717, 1.165) is 59.3 Å². The van der Waals surface area contributed by atoms with Gasteiger partial charge in [0.25, 0.3) is 0 Å². The van der Waals surface area contributed by atoms with Gasteiger partial charge in [0.2, 0.25) is 5.91 Å². The van der Waals surface area contributed by atoms with Crippen molar-refractivity contribution in [3.8, 4) is 0 Å². The lowest BCUT2D eigenvalue weighted by Crippen LogP contribution is -2.63. The first-order valence-electron chi connectivity index (χ1n) is 24.5. The van der Waals surface area contributed by atoms with Crippen LogP contribution in [0.1, 0.15) is 203 Å². The van der Waals surface area contributed by atoms with Crippen LogP contribution in [0.25, 0.3) is 0 Å². The van der Waals surface area contributed by atoms with Gasteiger partial charge in [0.15, 0.2) is 24.6 Å². The molecule has 1 amide bonds. The van der Waals surface area contributed by atoms with Crippen LogP contribution in [0, 0.1) is 0 Å². The van der Waals surface area contributed by atoms with Crippen molar-refractivity contribution in [3.05, 3.63) is 24.3 Å². The second-order valence-corrected chi connectivity index (χ2v) is 17.0. The Kier molecular flexibility index (Phi) is 34.1. The predicted molar refractivity (Wildman–Crippen MR) is 246 cm³/mol. The quantitative estimate of drug-likeness (QED) is 0.0270. The third-order valence-corrected chi connectivity index (χ3v) is 10.9. The summed E-state index contributed by atoms with van der Waals surface area (Å²) in [7, 11) is 0. The van der Waals surface area contributed by atoms with Crippen LogP contribution < -0.4 is 5.32 Å². The Labute approximate surface area is 385 Å². The molecule has 1 saturated heterocycles. The maximum Gasteiger partial charge on any atom is 0.303 e. The van der Waals surface area contributed by atoms with Crippen LogP contribution in [-0.4, -0.2) is 91.8 Å². The zero-order valence-electron chi connectivity index (χ0n) is 40.5. The monoisotopic (exact) mass is 908 g/mol.